The van der Waals surface area contributed by atoms with Gasteiger partial charge < -0.3 is 8.98 Å². The van der Waals surface area contributed by atoms with Gasteiger partial charge >= 0.3 is 0 Å². The molecule has 0 saturated carbocycles. The third-order valence-electron chi connectivity index (χ3n) is 12.4. The Hall–Kier alpha value is -7.53. The van der Waals surface area contributed by atoms with Gasteiger partial charge in [0, 0.05) is 66.1 Å². The Labute approximate surface area is 344 Å². The summed E-state index contributed by atoms with van der Waals surface area (Å²) in [6.45, 7) is 0. The highest BCUT2D eigenvalue weighted by Gasteiger charge is 2.28. The summed E-state index contributed by atoms with van der Waals surface area (Å²) < 4.78 is 11.2. The lowest BCUT2D eigenvalue weighted by atomic mass is 9.80. The van der Waals surface area contributed by atoms with Crippen molar-refractivity contribution >= 4 is 31.5 Å². The van der Waals surface area contributed by atoms with Gasteiger partial charge in [0.05, 0.1) is 17.7 Å². The van der Waals surface area contributed by atoms with Gasteiger partial charge in [-0.05, 0) is 98.1 Å². The number of rotatable bonds is 2. The summed E-state index contributed by atoms with van der Waals surface area (Å²) in [7, 11) is 0. The van der Waals surface area contributed by atoms with Gasteiger partial charge in [-0.25, -0.2) is 0 Å². The largest absolute Gasteiger partial charge is 0.464 e. The molecule has 0 aliphatic heterocycles. The van der Waals surface area contributed by atoms with Crippen molar-refractivity contribution in [2.45, 2.75) is 0 Å². The van der Waals surface area contributed by atoms with Crippen LogP contribution in [0.1, 0.15) is 0 Å². The van der Waals surface area contributed by atoms with Crippen LogP contribution in [-0.4, -0.2) is 9.55 Å². The van der Waals surface area contributed by atoms with E-state index in [2.05, 4.69) is 175 Å². The van der Waals surface area contributed by atoms with Crippen LogP contribution in [0.4, 0.5) is 0 Å². The van der Waals surface area contributed by atoms with Crippen LogP contribution in [0.5, 0.6) is 0 Å². The molecule has 0 spiro atoms. The summed E-state index contributed by atoms with van der Waals surface area (Å²) in [6.07, 6.45) is 5.86. The summed E-state index contributed by atoms with van der Waals surface area (Å²) in [5, 5.41) is 2.63. The molecule has 0 atom stereocenters. The van der Waals surface area contributed by atoms with Crippen LogP contribution in [0.2, 0.25) is 0 Å². The highest BCUT2D eigenvalue weighted by atomic mass is 32.1. The average molecular weight is 769 g/mol. The molecule has 0 bridgehead atoms. The SMILES string of the molecule is c1ccc2c(c1)-c1ccccc1-c1cc(-n3ccc4c3-c3ccccc3-c3occc3-c3ncccc3-4)ccc1-c1ccc(-c3cccc4c3sc3ccccc34)cc1-2. The third kappa shape index (κ3) is 4.72. The first-order chi connectivity index (χ1) is 29.3. The maximum atomic E-state index is 6.24. The number of furan rings is 1. The van der Waals surface area contributed by atoms with Gasteiger partial charge in [0.15, 0.2) is 0 Å². The van der Waals surface area contributed by atoms with Gasteiger partial charge in [-0.3, -0.25) is 4.98 Å². The first-order valence-corrected chi connectivity index (χ1v) is 20.8. The molecule has 2 aliphatic rings. The lowest BCUT2D eigenvalue weighted by Gasteiger charge is -2.25. The van der Waals surface area contributed by atoms with Crippen molar-refractivity contribution in [3.63, 3.8) is 0 Å². The molecule has 11 aromatic rings. The van der Waals surface area contributed by atoms with Crippen LogP contribution < -0.4 is 0 Å². The Bertz CT molecular complexity index is 3520. The number of fused-ring (bicyclic) bond motifs is 19. The van der Waals surface area contributed by atoms with E-state index in [4.69, 9.17) is 9.40 Å². The molecule has 7 aromatic carbocycles. The Morgan fingerprint density at radius 2 is 1.05 bits per heavy atom. The molecule has 59 heavy (non-hydrogen) atoms. The van der Waals surface area contributed by atoms with Crippen LogP contribution in [0.15, 0.2) is 199 Å². The molecule has 4 aromatic heterocycles. The van der Waals surface area contributed by atoms with Crippen molar-refractivity contribution in [2.75, 3.05) is 0 Å². The minimum absolute atomic E-state index is 0.837. The quantitative estimate of drug-likeness (QED) is 0.175. The van der Waals surface area contributed by atoms with E-state index in [0.29, 0.717) is 0 Å². The number of aromatic nitrogens is 2. The van der Waals surface area contributed by atoms with E-state index in [1.165, 1.54) is 75.8 Å². The molecule has 13 rings (SSSR count). The number of hydrogen-bond donors (Lipinski definition) is 0. The van der Waals surface area contributed by atoms with E-state index in [1.54, 1.807) is 6.26 Å². The summed E-state index contributed by atoms with van der Waals surface area (Å²) in [5.74, 6) is 0.837. The first-order valence-electron chi connectivity index (χ1n) is 20.0. The fraction of sp³-hybridized carbons (Fsp3) is 0. The normalized spacial score (nSPS) is 12.1. The van der Waals surface area contributed by atoms with Crippen LogP contribution in [0.3, 0.4) is 0 Å². The van der Waals surface area contributed by atoms with E-state index >= 15 is 0 Å². The fourth-order valence-electron chi connectivity index (χ4n) is 9.76. The lowest BCUT2D eigenvalue weighted by molar-refractivity contribution is 0.583. The van der Waals surface area contributed by atoms with Crippen LogP contribution in [0.25, 0.3) is 126 Å². The van der Waals surface area contributed by atoms with Gasteiger partial charge in [-0.2, -0.15) is 0 Å². The zero-order chi connectivity index (χ0) is 38.6. The molecule has 2 aliphatic carbocycles. The van der Waals surface area contributed by atoms with Crippen molar-refractivity contribution in [1.82, 2.24) is 9.55 Å². The summed E-state index contributed by atoms with van der Waals surface area (Å²) in [5.41, 5.74) is 20.8. The average Bonchev–Trinajstić information content (AvgIpc) is 4.06. The van der Waals surface area contributed by atoms with Crippen LogP contribution >= 0.6 is 11.3 Å². The summed E-state index contributed by atoms with van der Waals surface area (Å²) in [6, 6.07) is 64.5. The van der Waals surface area contributed by atoms with E-state index in [1.807, 2.05) is 29.7 Å². The monoisotopic (exact) mass is 768 g/mol. The zero-order valence-electron chi connectivity index (χ0n) is 31.7. The Kier molecular flexibility index (Phi) is 6.89. The molecule has 0 N–H and O–H groups in total. The minimum Gasteiger partial charge on any atom is -0.464 e. The van der Waals surface area contributed by atoms with Crippen LogP contribution in [0, 0.1) is 0 Å². The molecular weight excluding hydrogens is 737 g/mol. The second-order valence-corrected chi connectivity index (χ2v) is 16.5. The van der Waals surface area contributed by atoms with Crippen molar-refractivity contribution in [3.05, 3.63) is 195 Å². The summed E-state index contributed by atoms with van der Waals surface area (Å²) >= 11 is 1.88. The molecule has 0 radical (unpaired) electrons. The second-order valence-electron chi connectivity index (χ2n) is 15.4. The van der Waals surface area contributed by atoms with Gasteiger partial charge in [-0.15, -0.1) is 11.3 Å². The first kappa shape index (κ1) is 32.5. The smallest absolute Gasteiger partial charge is 0.143 e. The predicted octanol–water partition coefficient (Wildman–Crippen LogP) is 15.5. The van der Waals surface area contributed by atoms with Crippen LogP contribution in [-0.2, 0) is 0 Å². The molecule has 4 heteroatoms. The summed E-state index contributed by atoms with van der Waals surface area (Å²) in [4.78, 5) is 4.91. The topological polar surface area (TPSA) is 31.0 Å². The fourth-order valence-corrected chi connectivity index (χ4v) is 11.0. The molecule has 0 saturated heterocycles. The molecule has 0 unspecified atom stereocenters. The zero-order valence-corrected chi connectivity index (χ0v) is 32.5. The molecule has 4 heterocycles. The maximum Gasteiger partial charge on any atom is 0.143 e. The van der Waals surface area contributed by atoms with E-state index < -0.39 is 0 Å². The van der Waals surface area contributed by atoms with Crippen molar-refractivity contribution in [3.8, 4) is 106 Å². The number of pyridine rings is 1. The van der Waals surface area contributed by atoms with E-state index in [0.717, 1.165) is 50.7 Å². The van der Waals surface area contributed by atoms with Gasteiger partial charge in [-0.1, -0.05) is 133 Å². The van der Waals surface area contributed by atoms with E-state index in [-0.39, 0.29) is 0 Å². The van der Waals surface area contributed by atoms with Gasteiger partial charge in [0.25, 0.3) is 0 Å². The molecule has 3 nitrogen and oxygen atoms in total. The highest BCUT2D eigenvalue weighted by Crippen LogP contribution is 2.52. The third-order valence-corrected chi connectivity index (χ3v) is 13.6. The predicted molar refractivity (Wildman–Crippen MR) is 245 cm³/mol. The second kappa shape index (κ2) is 12.5. The van der Waals surface area contributed by atoms with Gasteiger partial charge in [0.1, 0.15) is 5.76 Å². The number of thiophene rings is 1. The van der Waals surface area contributed by atoms with E-state index in [9.17, 15) is 0 Å². The number of hydrogen-bond acceptors (Lipinski definition) is 3. The standard InChI is InChI=1S/C55H32N2OS/c1-3-13-38-36(11-1)37-12-2-4-14-39(37)50-32-34(57-29-26-45-43-20-10-28-56-52(43)48-27-30-58-54(48)46-17-6-5-16-44(46)53(45)57)23-25-41(50)40-24-22-33(31-49(38)40)35-18-9-19-47-42-15-7-8-21-51(42)59-55(35)47/h1-32H. The lowest BCUT2D eigenvalue weighted by Crippen LogP contribution is -2.02. The van der Waals surface area contributed by atoms with Crippen molar-refractivity contribution in [1.29, 1.82) is 0 Å². The molecule has 0 amide bonds. The molecule has 0 fully saturated rings. The molecule has 274 valence electrons. The minimum atomic E-state index is 0.837. The highest BCUT2D eigenvalue weighted by molar-refractivity contribution is 7.26. The Morgan fingerprint density at radius 3 is 1.86 bits per heavy atom. The van der Waals surface area contributed by atoms with Gasteiger partial charge in [0.2, 0.25) is 0 Å². The number of benzene rings is 7. The van der Waals surface area contributed by atoms with Crippen molar-refractivity contribution < 1.29 is 4.42 Å². The number of nitrogens with zero attached hydrogens (tertiary/aromatic N) is 2. The molecular formula is C55H32N2OS. The Morgan fingerprint density at radius 1 is 0.424 bits per heavy atom. The maximum absolute atomic E-state index is 6.24. The Balaban J connectivity index is 1.05. The van der Waals surface area contributed by atoms with Crippen molar-refractivity contribution in [2.24, 2.45) is 0 Å².